The lowest BCUT2D eigenvalue weighted by Crippen LogP contribution is -2.43. The van der Waals surface area contributed by atoms with Crippen molar-refractivity contribution < 1.29 is 8.42 Å². The Morgan fingerprint density at radius 1 is 1.33 bits per heavy atom. The van der Waals surface area contributed by atoms with Gasteiger partial charge in [-0.3, -0.25) is 0 Å². The molecule has 0 aromatic carbocycles. The Bertz CT molecular complexity index is 344. The van der Waals surface area contributed by atoms with Crippen molar-refractivity contribution in [3.05, 3.63) is 0 Å². The van der Waals surface area contributed by atoms with Gasteiger partial charge in [-0.15, -0.1) is 0 Å². The molecule has 0 aliphatic carbocycles. The first-order valence-corrected chi connectivity index (χ1v) is 8.51. The second kappa shape index (κ2) is 6.35. The predicted octanol–water partition coefficient (Wildman–Crippen LogP) is 1.13. The van der Waals surface area contributed by atoms with E-state index in [0.717, 1.165) is 19.6 Å². The van der Waals surface area contributed by atoms with Crippen molar-refractivity contribution in [1.82, 2.24) is 10.2 Å². The minimum absolute atomic E-state index is 0.281. The molecule has 0 aromatic heterocycles. The Morgan fingerprint density at radius 2 is 2.00 bits per heavy atom. The molecule has 0 aromatic rings. The number of nitrogens with one attached hydrogen (secondary N) is 1. The van der Waals surface area contributed by atoms with E-state index in [2.05, 4.69) is 10.2 Å². The monoisotopic (exact) mass is 276 g/mol. The molecule has 0 saturated carbocycles. The average molecular weight is 276 g/mol. The van der Waals surface area contributed by atoms with Crippen molar-refractivity contribution in [3.8, 4) is 0 Å². The highest BCUT2D eigenvalue weighted by molar-refractivity contribution is 7.92. The van der Waals surface area contributed by atoms with Crippen molar-refractivity contribution in [3.63, 3.8) is 0 Å². The van der Waals surface area contributed by atoms with Crippen LogP contribution in [-0.4, -0.2) is 57.0 Å². The summed E-state index contributed by atoms with van der Waals surface area (Å²) in [5, 5.41) is 3.21. The van der Waals surface area contributed by atoms with Gasteiger partial charge in [0.1, 0.15) is 0 Å². The van der Waals surface area contributed by atoms with Gasteiger partial charge in [0.05, 0.1) is 10.5 Å². The van der Waals surface area contributed by atoms with Crippen LogP contribution in [0.1, 0.15) is 33.6 Å². The van der Waals surface area contributed by atoms with E-state index in [1.54, 1.807) is 20.8 Å². The summed E-state index contributed by atoms with van der Waals surface area (Å²) in [5.41, 5.74) is 0. The number of piperidine rings is 1. The molecule has 1 aliphatic heterocycles. The summed E-state index contributed by atoms with van der Waals surface area (Å²) in [6, 6.07) is 0. The summed E-state index contributed by atoms with van der Waals surface area (Å²) >= 11 is 0. The van der Waals surface area contributed by atoms with Crippen LogP contribution >= 0.6 is 0 Å². The van der Waals surface area contributed by atoms with Crippen molar-refractivity contribution in [2.75, 3.05) is 39.0 Å². The molecule has 1 N–H and O–H groups in total. The van der Waals surface area contributed by atoms with E-state index >= 15 is 0 Å². The van der Waals surface area contributed by atoms with Crippen molar-refractivity contribution >= 4 is 9.84 Å². The van der Waals surface area contributed by atoms with E-state index in [1.165, 1.54) is 12.8 Å². The van der Waals surface area contributed by atoms with Crippen LogP contribution in [0.3, 0.4) is 0 Å². The zero-order valence-electron chi connectivity index (χ0n) is 12.2. The lowest BCUT2D eigenvalue weighted by molar-refractivity contribution is 0.182. The number of likely N-dealkylation sites (tertiary alicyclic amines) is 1. The Labute approximate surface area is 112 Å². The second-order valence-electron chi connectivity index (χ2n) is 6.30. The number of sulfone groups is 1. The van der Waals surface area contributed by atoms with E-state index < -0.39 is 14.6 Å². The first kappa shape index (κ1) is 15.9. The topological polar surface area (TPSA) is 49.4 Å². The molecule has 1 saturated heterocycles. The Morgan fingerprint density at radius 3 is 2.56 bits per heavy atom. The molecule has 1 fully saturated rings. The quantitative estimate of drug-likeness (QED) is 0.818. The molecule has 4 nitrogen and oxygen atoms in total. The van der Waals surface area contributed by atoms with Crippen LogP contribution in [0.2, 0.25) is 0 Å². The number of hydrogen-bond donors (Lipinski definition) is 1. The third-order valence-electron chi connectivity index (χ3n) is 3.71. The van der Waals surface area contributed by atoms with Gasteiger partial charge >= 0.3 is 0 Å². The summed E-state index contributed by atoms with van der Waals surface area (Å²) in [6.45, 7) is 9.12. The van der Waals surface area contributed by atoms with E-state index in [4.69, 9.17) is 0 Å². The van der Waals surface area contributed by atoms with Crippen molar-refractivity contribution in [2.45, 2.75) is 38.4 Å². The van der Waals surface area contributed by atoms with Crippen LogP contribution in [0.15, 0.2) is 0 Å². The van der Waals surface area contributed by atoms with Gasteiger partial charge in [-0.05, 0) is 59.7 Å². The molecule has 5 heteroatoms. The van der Waals surface area contributed by atoms with Gasteiger partial charge < -0.3 is 10.2 Å². The van der Waals surface area contributed by atoms with E-state index in [0.29, 0.717) is 12.5 Å². The minimum atomic E-state index is -2.98. The van der Waals surface area contributed by atoms with Crippen LogP contribution < -0.4 is 5.32 Å². The zero-order chi connectivity index (χ0) is 13.8. The molecule has 108 valence electrons. The highest BCUT2D eigenvalue weighted by atomic mass is 32.2. The molecule has 0 bridgehead atoms. The first-order valence-electron chi connectivity index (χ1n) is 6.85. The standard InChI is InChI=1S/C13H28N2O2S/c1-13(2,3)18(16,17)9-8-15-7-5-6-12(11-15)10-14-4/h12,14H,5-11H2,1-4H3. The molecule has 1 unspecified atom stereocenters. The number of rotatable bonds is 5. The summed E-state index contributed by atoms with van der Waals surface area (Å²) in [5.74, 6) is 0.948. The summed E-state index contributed by atoms with van der Waals surface area (Å²) in [4.78, 5) is 2.30. The number of nitrogens with zero attached hydrogens (tertiary/aromatic N) is 1. The highest BCUT2D eigenvalue weighted by Crippen LogP contribution is 2.19. The van der Waals surface area contributed by atoms with Gasteiger partial charge in [0, 0.05) is 13.1 Å². The molecule has 0 amide bonds. The maximum absolute atomic E-state index is 12.1. The summed E-state index contributed by atoms with van der Waals surface area (Å²) < 4.78 is 23.5. The minimum Gasteiger partial charge on any atom is -0.319 e. The molecule has 1 rings (SSSR count). The van der Waals surface area contributed by atoms with Gasteiger partial charge in [0.2, 0.25) is 0 Å². The first-order chi connectivity index (χ1) is 8.26. The molecule has 1 aliphatic rings. The fourth-order valence-electron chi connectivity index (χ4n) is 2.37. The van der Waals surface area contributed by atoms with Crippen molar-refractivity contribution in [1.29, 1.82) is 0 Å². The largest absolute Gasteiger partial charge is 0.319 e. The Balaban J connectivity index is 2.44. The predicted molar refractivity (Wildman–Crippen MR) is 76.6 cm³/mol. The molecular weight excluding hydrogens is 248 g/mol. The van der Waals surface area contributed by atoms with Crippen LogP contribution in [0.25, 0.3) is 0 Å². The van der Waals surface area contributed by atoms with Crippen molar-refractivity contribution in [2.24, 2.45) is 5.92 Å². The fourth-order valence-corrected chi connectivity index (χ4v) is 3.48. The second-order valence-corrected chi connectivity index (χ2v) is 9.16. The molecule has 1 heterocycles. The van der Waals surface area contributed by atoms with Crippen LogP contribution in [0.4, 0.5) is 0 Å². The average Bonchev–Trinajstić information content (AvgIpc) is 2.26. The molecule has 0 spiro atoms. The Hall–Kier alpha value is -0.130. The van der Waals surface area contributed by atoms with E-state index in [1.807, 2.05) is 7.05 Å². The fraction of sp³-hybridized carbons (Fsp3) is 1.00. The van der Waals surface area contributed by atoms with E-state index in [9.17, 15) is 8.42 Å². The van der Waals surface area contributed by atoms with Gasteiger partial charge in [-0.25, -0.2) is 8.42 Å². The van der Waals surface area contributed by atoms with Crippen LogP contribution in [-0.2, 0) is 9.84 Å². The van der Waals surface area contributed by atoms with Crippen LogP contribution in [0, 0.1) is 5.92 Å². The molecular formula is C13H28N2O2S. The maximum Gasteiger partial charge on any atom is 0.156 e. The van der Waals surface area contributed by atoms with Gasteiger partial charge in [0.25, 0.3) is 0 Å². The van der Waals surface area contributed by atoms with Crippen LogP contribution in [0.5, 0.6) is 0 Å². The van der Waals surface area contributed by atoms with E-state index in [-0.39, 0.29) is 5.75 Å². The molecule has 0 radical (unpaired) electrons. The third kappa shape index (κ3) is 4.52. The molecule has 18 heavy (non-hydrogen) atoms. The number of hydrogen-bond acceptors (Lipinski definition) is 4. The Kier molecular flexibility index (Phi) is 5.62. The third-order valence-corrected chi connectivity index (χ3v) is 6.29. The highest BCUT2D eigenvalue weighted by Gasteiger charge is 2.29. The van der Waals surface area contributed by atoms with Gasteiger partial charge in [-0.1, -0.05) is 0 Å². The summed E-state index contributed by atoms with van der Waals surface area (Å²) in [7, 11) is -1.01. The maximum atomic E-state index is 12.1. The molecule has 1 atom stereocenters. The SMILES string of the molecule is CNCC1CCCN(CCS(=O)(=O)C(C)(C)C)C1. The summed E-state index contributed by atoms with van der Waals surface area (Å²) in [6.07, 6.45) is 2.44. The smallest absolute Gasteiger partial charge is 0.156 e. The zero-order valence-corrected chi connectivity index (χ0v) is 13.0. The van der Waals surface area contributed by atoms with Gasteiger partial charge in [0.15, 0.2) is 9.84 Å². The lowest BCUT2D eigenvalue weighted by atomic mass is 9.98. The normalized spacial score (nSPS) is 23.2. The van der Waals surface area contributed by atoms with Gasteiger partial charge in [-0.2, -0.15) is 0 Å². The lowest BCUT2D eigenvalue weighted by Gasteiger charge is -2.33.